The Kier molecular flexibility index (Phi) is 6.27. The van der Waals surface area contributed by atoms with Gasteiger partial charge >= 0.3 is 0 Å². The second kappa shape index (κ2) is 8.43. The Balaban J connectivity index is 1.49. The van der Waals surface area contributed by atoms with Crippen molar-refractivity contribution in [2.75, 3.05) is 45.8 Å². The van der Waals surface area contributed by atoms with E-state index in [1.54, 1.807) is 8.61 Å². The molecule has 0 spiro atoms. The third-order valence-electron chi connectivity index (χ3n) is 5.11. The van der Waals surface area contributed by atoms with Crippen LogP contribution in [-0.2, 0) is 16.6 Å². The molecule has 2 aliphatic rings. The molecule has 6 heteroatoms. The van der Waals surface area contributed by atoms with E-state index in [2.05, 4.69) is 29.2 Å². The van der Waals surface area contributed by atoms with Crippen LogP contribution in [0, 0.1) is 0 Å². The van der Waals surface area contributed by atoms with E-state index >= 15 is 0 Å². The van der Waals surface area contributed by atoms with Gasteiger partial charge in [0.1, 0.15) is 0 Å². The molecule has 2 heterocycles. The number of benzene rings is 1. The highest BCUT2D eigenvalue weighted by Crippen LogP contribution is 2.18. The maximum atomic E-state index is 12.8. The zero-order chi connectivity index (χ0) is 16.8. The largest absolute Gasteiger partial charge is 0.300 e. The first kappa shape index (κ1) is 17.9. The quantitative estimate of drug-likeness (QED) is 0.815. The van der Waals surface area contributed by atoms with Gasteiger partial charge in [-0.3, -0.25) is 0 Å². The molecule has 134 valence electrons. The van der Waals surface area contributed by atoms with Crippen molar-refractivity contribution in [3.05, 3.63) is 35.9 Å². The first-order valence-corrected chi connectivity index (χ1v) is 10.6. The first-order chi connectivity index (χ1) is 11.7. The summed E-state index contributed by atoms with van der Waals surface area (Å²) >= 11 is 0. The van der Waals surface area contributed by atoms with E-state index in [9.17, 15) is 8.42 Å². The second-order valence-corrected chi connectivity index (χ2v) is 8.73. The zero-order valence-electron chi connectivity index (χ0n) is 14.4. The van der Waals surface area contributed by atoms with Crippen molar-refractivity contribution < 1.29 is 8.42 Å². The Morgan fingerprint density at radius 2 is 1.33 bits per heavy atom. The van der Waals surface area contributed by atoms with Crippen molar-refractivity contribution in [2.45, 2.75) is 32.1 Å². The Bertz CT molecular complexity index is 590. The molecule has 0 radical (unpaired) electrons. The van der Waals surface area contributed by atoms with E-state index in [4.69, 9.17) is 0 Å². The molecule has 3 rings (SSSR count). The van der Waals surface area contributed by atoms with E-state index in [-0.39, 0.29) is 0 Å². The van der Waals surface area contributed by atoms with Gasteiger partial charge in [0.2, 0.25) is 0 Å². The fraction of sp³-hybridized carbons (Fsp3) is 0.667. The lowest BCUT2D eigenvalue weighted by Crippen LogP contribution is -2.53. The summed E-state index contributed by atoms with van der Waals surface area (Å²) in [6.45, 7) is 5.29. The molecule has 0 aliphatic carbocycles. The minimum Gasteiger partial charge on any atom is -0.300 e. The summed E-state index contributed by atoms with van der Waals surface area (Å²) in [4.78, 5) is 2.38. The minimum atomic E-state index is -3.26. The van der Waals surface area contributed by atoms with Crippen molar-refractivity contribution in [3.8, 4) is 0 Å². The van der Waals surface area contributed by atoms with Gasteiger partial charge in [-0.15, -0.1) is 0 Å². The Labute approximate surface area is 146 Å². The van der Waals surface area contributed by atoms with Gasteiger partial charge in [-0.25, -0.2) is 0 Å². The summed E-state index contributed by atoms with van der Waals surface area (Å²) in [7, 11) is -3.26. The lowest BCUT2D eigenvalue weighted by molar-refractivity contribution is 0.183. The van der Waals surface area contributed by atoms with Crippen molar-refractivity contribution in [1.82, 2.24) is 13.5 Å². The molecule has 0 atom stereocenters. The van der Waals surface area contributed by atoms with Gasteiger partial charge in [-0.1, -0.05) is 43.2 Å². The Morgan fingerprint density at radius 3 is 1.96 bits per heavy atom. The summed E-state index contributed by atoms with van der Waals surface area (Å²) in [5.41, 5.74) is 1.34. The summed E-state index contributed by atoms with van der Waals surface area (Å²) in [5, 5.41) is 0. The SMILES string of the molecule is O=S(=O)(N1CCCCCC1)N1CCN(CCc2ccccc2)CC1. The van der Waals surface area contributed by atoms with Crippen LogP contribution < -0.4 is 0 Å². The van der Waals surface area contributed by atoms with Crippen molar-refractivity contribution in [2.24, 2.45) is 0 Å². The van der Waals surface area contributed by atoms with Crippen LogP contribution in [0.4, 0.5) is 0 Å². The number of hydrogen-bond donors (Lipinski definition) is 0. The maximum Gasteiger partial charge on any atom is 0.282 e. The van der Waals surface area contributed by atoms with Crippen molar-refractivity contribution in [1.29, 1.82) is 0 Å². The number of piperazine rings is 1. The molecular formula is C18H29N3O2S. The van der Waals surface area contributed by atoms with E-state index in [0.717, 1.165) is 51.7 Å². The molecule has 2 saturated heterocycles. The molecule has 0 unspecified atom stereocenters. The molecule has 2 aliphatic heterocycles. The fourth-order valence-electron chi connectivity index (χ4n) is 3.55. The second-order valence-electron chi connectivity index (χ2n) is 6.80. The monoisotopic (exact) mass is 351 g/mol. The highest BCUT2D eigenvalue weighted by molar-refractivity contribution is 7.86. The normalized spacial score (nSPS) is 22.3. The highest BCUT2D eigenvalue weighted by Gasteiger charge is 2.32. The molecule has 0 aromatic heterocycles. The van der Waals surface area contributed by atoms with Crippen LogP contribution >= 0.6 is 0 Å². The molecule has 5 nitrogen and oxygen atoms in total. The van der Waals surface area contributed by atoms with Gasteiger partial charge in [-0.05, 0) is 24.8 Å². The first-order valence-electron chi connectivity index (χ1n) is 9.18. The molecule has 2 fully saturated rings. The highest BCUT2D eigenvalue weighted by atomic mass is 32.2. The van der Waals surface area contributed by atoms with Crippen LogP contribution in [0.1, 0.15) is 31.2 Å². The molecule has 0 saturated carbocycles. The molecule has 24 heavy (non-hydrogen) atoms. The van der Waals surface area contributed by atoms with Crippen LogP contribution in [-0.4, -0.2) is 67.7 Å². The van der Waals surface area contributed by atoms with E-state index in [1.165, 1.54) is 5.56 Å². The lowest BCUT2D eigenvalue weighted by Gasteiger charge is -2.36. The topological polar surface area (TPSA) is 43.9 Å². The summed E-state index contributed by atoms with van der Waals surface area (Å²) in [6, 6.07) is 10.5. The number of nitrogens with zero attached hydrogens (tertiary/aromatic N) is 3. The summed E-state index contributed by atoms with van der Waals surface area (Å²) in [6.07, 6.45) is 5.32. The molecule has 0 amide bonds. The van der Waals surface area contributed by atoms with Crippen molar-refractivity contribution >= 4 is 10.2 Å². The van der Waals surface area contributed by atoms with Crippen LogP contribution in [0.15, 0.2) is 30.3 Å². The average Bonchev–Trinajstić information content (AvgIpc) is 2.91. The third-order valence-corrected chi connectivity index (χ3v) is 7.14. The van der Waals surface area contributed by atoms with E-state index in [0.29, 0.717) is 26.2 Å². The van der Waals surface area contributed by atoms with Crippen LogP contribution in [0.5, 0.6) is 0 Å². The minimum absolute atomic E-state index is 0.619. The molecule has 1 aromatic rings. The van der Waals surface area contributed by atoms with Gasteiger partial charge in [0.25, 0.3) is 10.2 Å². The van der Waals surface area contributed by atoms with Gasteiger partial charge in [-0.2, -0.15) is 17.0 Å². The number of rotatable bonds is 5. The van der Waals surface area contributed by atoms with Gasteiger partial charge < -0.3 is 4.90 Å². The van der Waals surface area contributed by atoms with Crippen molar-refractivity contribution in [3.63, 3.8) is 0 Å². The summed E-state index contributed by atoms with van der Waals surface area (Å²) in [5.74, 6) is 0. The Morgan fingerprint density at radius 1 is 0.750 bits per heavy atom. The third kappa shape index (κ3) is 4.57. The van der Waals surface area contributed by atoms with Crippen LogP contribution in [0.3, 0.4) is 0 Å². The smallest absolute Gasteiger partial charge is 0.282 e. The zero-order valence-corrected chi connectivity index (χ0v) is 15.3. The maximum absolute atomic E-state index is 12.8. The van der Waals surface area contributed by atoms with Crippen LogP contribution in [0.2, 0.25) is 0 Å². The standard InChI is InChI=1S/C18H29N3O2S/c22-24(23,20-11-6-1-2-7-12-20)21-16-14-19(15-17-21)13-10-18-8-4-3-5-9-18/h3-5,8-9H,1-2,6-7,10-17H2. The molecular weight excluding hydrogens is 322 g/mol. The lowest BCUT2D eigenvalue weighted by atomic mass is 10.1. The van der Waals surface area contributed by atoms with E-state index in [1.807, 2.05) is 6.07 Å². The average molecular weight is 352 g/mol. The van der Waals surface area contributed by atoms with Crippen LogP contribution in [0.25, 0.3) is 0 Å². The predicted molar refractivity (Wildman–Crippen MR) is 97.1 cm³/mol. The Hall–Kier alpha value is -0.950. The molecule has 0 bridgehead atoms. The van der Waals surface area contributed by atoms with Gasteiger partial charge in [0.05, 0.1) is 0 Å². The molecule has 1 aromatic carbocycles. The van der Waals surface area contributed by atoms with E-state index < -0.39 is 10.2 Å². The predicted octanol–water partition coefficient (Wildman–Crippen LogP) is 1.97. The summed E-state index contributed by atoms with van der Waals surface area (Å²) < 4.78 is 29.0. The van der Waals surface area contributed by atoms with Gasteiger partial charge in [0, 0.05) is 45.8 Å². The number of hydrogen-bond acceptors (Lipinski definition) is 3. The van der Waals surface area contributed by atoms with Gasteiger partial charge in [0.15, 0.2) is 0 Å². The molecule has 0 N–H and O–H groups in total. The fourth-order valence-corrected chi connectivity index (χ4v) is 5.22.